The van der Waals surface area contributed by atoms with Crippen LogP contribution in [0, 0.1) is 17.1 Å². The van der Waals surface area contributed by atoms with Crippen LogP contribution in [0.1, 0.15) is 30.0 Å². The molecule has 0 saturated carbocycles. The van der Waals surface area contributed by atoms with E-state index in [0.717, 1.165) is 18.5 Å². The van der Waals surface area contributed by atoms with Gasteiger partial charge in [0.05, 0.1) is 5.56 Å². The first-order chi connectivity index (χ1) is 9.76. The summed E-state index contributed by atoms with van der Waals surface area (Å²) in [5, 5.41) is 12.1. The molecule has 20 heavy (non-hydrogen) atoms. The predicted molar refractivity (Wildman–Crippen MR) is 78.9 cm³/mol. The second-order valence-corrected chi connectivity index (χ2v) is 4.65. The average Bonchev–Trinajstić information content (AvgIpc) is 2.48. The van der Waals surface area contributed by atoms with Crippen molar-refractivity contribution in [2.24, 2.45) is 0 Å². The molecule has 0 amide bonds. The van der Waals surface area contributed by atoms with Gasteiger partial charge < -0.3 is 5.32 Å². The summed E-state index contributed by atoms with van der Waals surface area (Å²) in [5.74, 6) is -0.435. The van der Waals surface area contributed by atoms with Crippen LogP contribution in [0.25, 0.3) is 0 Å². The summed E-state index contributed by atoms with van der Waals surface area (Å²) < 4.78 is 14.0. The smallest absolute Gasteiger partial charge is 0.145 e. The van der Waals surface area contributed by atoms with Crippen LogP contribution >= 0.6 is 0 Å². The van der Waals surface area contributed by atoms with Crippen LogP contribution in [0.15, 0.2) is 42.5 Å². The van der Waals surface area contributed by atoms with Gasteiger partial charge in [-0.05, 0) is 24.1 Å². The third kappa shape index (κ3) is 3.16. The summed E-state index contributed by atoms with van der Waals surface area (Å²) in [7, 11) is 0. The van der Waals surface area contributed by atoms with Crippen molar-refractivity contribution in [1.29, 1.82) is 5.26 Å². The SMILES string of the molecule is CCCc1ccccc1NCc1cccc(C#N)c1F. The van der Waals surface area contributed by atoms with Gasteiger partial charge in [0.15, 0.2) is 0 Å². The zero-order valence-electron chi connectivity index (χ0n) is 11.5. The second kappa shape index (κ2) is 6.72. The van der Waals surface area contributed by atoms with Crippen molar-refractivity contribution >= 4 is 5.69 Å². The number of anilines is 1. The third-order valence-corrected chi connectivity index (χ3v) is 3.21. The largest absolute Gasteiger partial charge is 0.381 e. The molecule has 0 radical (unpaired) electrons. The predicted octanol–water partition coefficient (Wildman–Crippen LogP) is 4.26. The molecule has 0 aliphatic carbocycles. The highest BCUT2D eigenvalue weighted by atomic mass is 19.1. The quantitative estimate of drug-likeness (QED) is 0.879. The first kappa shape index (κ1) is 14.1. The topological polar surface area (TPSA) is 35.8 Å². The van der Waals surface area contributed by atoms with Gasteiger partial charge in [-0.2, -0.15) is 5.26 Å². The number of para-hydroxylation sites is 1. The number of rotatable bonds is 5. The molecule has 2 aromatic rings. The number of hydrogen-bond donors (Lipinski definition) is 1. The van der Waals surface area contributed by atoms with Crippen molar-refractivity contribution in [2.45, 2.75) is 26.3 Å². The van der Waals surface area contributed by atoms with Gasteiger partial charge in [-0.15, -0.1) is 0 Å². The minimum Gasteiger partial charge on any atom is -0.381 e. The molecule has 0 aliphatic heterocycles. The second-order valence-electron chi connectivity index (χ2n) is 4.65. The van der Waals surface area contributed by atoms with Crippen molar-refractivity contribution in [3.8, 4) is 6.07 Å². The van der Waals surface area contributed by atoms with Crippen LogP contribution in [0.2, 0.25) is 0 Å². The lowest BCUT2D eigenvalue weighted by Gasteiger charge is -2.12. The Morgan fingerprint density at radius 3 is 2.60 bits per heavy atom. The fraction of sp³-hybridized carbons (Fsp3) is 0.235. The molecule has 0 saturated heterocycles. The number of nitriles is 1. The lowest BCUT2D eigenvalue weighted by atomic mass is 10.1. The highest BCUT2D eigenvalue weighted by molar-refractivity contribution is 5.51. The molecule has 2 nitrogen and oxygen atoms in total. The maximum absolute atomic E-state index is 14.0. The maximum Gasteiger partial charge on any atom is 0.145 e. The van der Waals surface area contributed by atoms with Crippen LogP contribution < -0.4 is 5.32 Å². The number of benzene rings is 2. The number of nitrogens with zero attached hydrogens (tertiary/aromatic N) is 1. The van der Waals surface area contributed by atoms with E-state index in [1.54, 1.807) is 12.1 Å². The minimum absolute atomic E-state index is 0.0890. The van der Waals surface area contributed by atoms with E-state index in [1.165, 1.54) is 11.6 Å². The van der Waals surface area contributed by atoms with Gasteiger partial charge in [0.2, 0.25) is 0 Å². The van der Waals surface area contributed by atoms with Gasteiger partial charge in [0, 0.05) is 17.8 Å². The number of hydrogen-bond acceptors (Lipinski definition) is 2. The van der Waals surface area contributed by atoms with Crippen molar-refractivity contribution in [3.05, 3.63) is 65.0 Å². The normalized spacial score (nSPS) is 10.1. The Morgan fingerprint density at radius 1 is 1.10 bits per heavy atom. The Labute approximate surface area is 118 Å². The van der Waals surface area contributed by atoms with Gasteiger partial charge in [-0.3, -0.25) is 0 Å². The first-order valence-corrected chi connectivity index (χ1v) is 6.75. The Morgan fingerprint density at radius 2 is 1.85 bits per heavy atom. The summed E-state index contributed by atoms with van der Waals surface area (Å²) >= 11 is 0. The number of aryl methyl sites for hydroxylation is 1. The standard InChI is InChI=1S/C17H17FN2/c1-2-6-13-7-3-4-10-16(13)20-12-15-9-5-8-14(11-19)17(15)18/h3-5,7-10,20H,2,6,12H2,1H3. The van der Waals surface area contributed by atoms with E-state index in [-0.39, 0.29) is 5.56 Å². The Hall–Kier alpha value is -2.34. The van der Waals surface area contributed by atoms with E-state index in [1.807, 2.05) is 24.3 Å². The molecule has 0 spiro atoms. The monoisotopic (exact) mass is 268 g/mol. The highest BCUT2D eigenvalue weighted by Crippen LogP contribution is 2.19. The lowest BCUT2D eigenvalue weighted by molar-refractivity contribution is 0.609. The number of nitrogens with one attached hydrogen (secondary N) is 1. The van der Waals surface area contributed by atoms with E-state index < -0.39 is 5.82 Å². The molecule has 102 valence electrons. The summed E-state index contributed by atoms with van der Waals surface area (Å²) in [4.78, 5) is 0. The molecule has 0 aliphatic rings. The summed E-state index contributed by atoms with van der Waals surface area (Å²) in [6, 6.07) is 14.8. The van der Waals surface area contributed by atoms with Crippen LogP contribution in [0.5, 0.6) is 0 Å². The van der Waals surface area contributed by atoms with Gasteiger partial charge in [-0.25, -0.2) is 4.39 Å². The van der Waals surface area contributed by atoms with E-state index in [0.29, 0.717) is 12.1 Å². The molecule has 2 rings (SSSR count). The van der Waals surface area contributed by atoms with E-state index in [9.17, 15) is 4.39 Å². The number of halogens is 1. The van der Waals surface area contributed by atoms with Crippen molar-refractivity contribution in [3.63, 3.8) is 0 Å². The summed E-state index contributed by atoms with van der Waals surface area (Å²) in [6.45, 7) is 2.51. The molecule has 3 heteroatoms. The molecule has 0 atom stereocenters. The van der Waals surface area contributed by atoms with Gasteiger partial charge in [0.25, 0.3) is 0 Å². The zero-order chi connectivity index (χ0) is 14.4. The van der Waals surface area contributed by atoms with Crippen molar-refractivity contribution in [2.75, 3.05) is 5.32 Å². The summed E-state index contributed by atoms with van der Waals surface area (Å²) in [5.41, 5.74) is 2.85. The van der Waals surface area contributed by atoms with Crippen LogP contribution in [-0.4, -0.2) is 0 Å². The Bertz CT molecular complexity index is 629. The van der Waals surface area contributed by atoms with E-state index >= 15 is 0 Å². The van der Waals surface area contributed by atoms with Crippen molar-refractivity contribution in [1.82, 2.24) is 0 Å². The minimum atomic E-state index is -0.435. The first-order valence-electron chi connectivity index (χ1n) is 6.75. The molecular formula is C17H17FN2. The Balaban J connectivity index is 2.15. The van der Waals surface area contributed by atoms with E-state index in [2.05, 4.69) is 18.3 Å². The lowest BCUT2D eigenvalue weighted by Crippen LogP contribution is -2.05. The fourth-order valence-electron chi connectivity index (χ4n) is 2.17. The van der Waals surface area contributed by atoms with Crippen LogP contribution in [-0.2, 0) is 13.0 Å². The Kier molecular flexibility index (Phi) is 4.73. The third-order valence-electron chi connectivity index (χ3n) is 3.21. The van der Waals surface area contributed by atoms with Crippen LogP contribution in [0.4, 0.5) is 10.1 Å². The van der Waals surface area contributed by atoms with Crippen molar-refractivity contribution < 1.29 is 4.39 Å². The van der Waals surface area contributed by atoms with E-state index in [4.69, 9.17) is 5.26 Å². The fourth-order valence-corrected chi connectivity index (χ4v) is 2.17. The molecule has 0 aromatic heterocycles. The molecule has 0 fully saturated rings. The molecule has 0 heterocycles. The molecule has 1 N–H and O–H groups in total. The van der Waals surface area contributed by atoms with Gasteiger partial charge >= 0.3 is 0 Å². The van der Waals surface area contributed by atoms with Gasteiger partial charge in [0.1, 0.15) is 11.9 Å². The van der Waals surface area contributed by atoms with Crippen LogP contribution in [0.3, 0.4) is 0 Å². The highest BCUT2D eigenvalue weighted by Gasteiger charge is 2.08. The molecule has 0 unspecified atom stereocenters. The molecule has 0 bridgehead atoms. The average molecular weight is 268 g/mol. The maximum atomic E-state index is 14.0. The molecule has 2 aromatic carbocycles. The molecular weight excluding hydrogens is 251 g/mol. The summed E-state index contributed by atoms with van der Waals surface area (Å²) in [6.07, 6.45) is 2.06. The van der Waals surface area contributed by atoms with Gasteiger partial charge in [-0.1, -0.05) is 43.7 Å². The zero-order valence-corrected chi connectivity index (χ0v) is 11.5.